The van der Waals surface area contributed by atoms with Gasteiger partial charge in [-0.15, -0.1) is 22.7 Å². The van der Waals surface area contributed by atoms with Gasteiger partial charge in [-0.05, 0) is 67.2 Å². The second kappa shape index (κ2) is 12.3. The van der Waals surface area contributed by atoms with Crippen LogP contribution in [0.2, 0.25) is 0 Å². The highest BCUT2D eigenvalue weighted by molar-refractivity contribution is 7.13. The third-order valence-corrected chi connectivity index (χ3v) is 9.70. The number of carbonyl (C=O) groups is 1. The van der Waals surface area contributed by atoms with Gasteiger partial charge in [0.2, 0.25) is 0 Å². The van der Waals surface area contributed by atoms with Gasteiger partial charge in [-0.25, -0.2) is 24.0 Å². The van der Waals surface area contributed by atoms with Crippen LogP contribution in [0.25, 0.3) is 55.0 Å². The second-order valence-corrected chi connectivity index (χ2v) is 12.5. The van der Waals surface area contributed by atoms with Gasteiger partial charge in [0, 0.05) is 30.5 Å². The normalized spacial score (nSPS) is 12.4. The van der Waals surface area contributed by atoms with Crippen molar-refractivity contribution in [2.24, 2.45) is 0 Å². The van der Waals surface area contributed by atoms with Gasteiger partial charge in [-0.3, -0.25) is 9.69 Å². The number of nitrogens with one attached hydrogen (secondary N) is 1. The zero-order chi connectivity index (χ0) is 30.9. The predicted molar refractivity (Wildman–Crippen MR) is 180 cm³/mol. The highest BCUT2D eigenvalue weighted by atomic mass is 32.1. The number of amides is 1. The van der Waals surface area contributed by atoms with E-state index in [9.17, 15) is 4.79 Å². The number of aromatic nitrogens is 7. The van der Waals surface area contributed by atoms with Crippen molar-refractivity contribution in [3.63, 3.8) is 0 Å². The molecule has 0 fully saturated rings. The van der Waals surface area contributed by atoms with Gasteiger partial charge in [0.05, 0.1) is 56.1 Å². The Balaban J connectivity index is 1.34. The maximum atomic E-state index is 13.7. The molecule has 7 heterocycles. The maximum absolute atomic E-state index is 13.7. The summed E-state index contributed by atoms with van der Waals surface area (Å²) >= 11 is 3.26. The van der Waals surface area contributed by atoms with Crippen LogP contribution in [-0.2, 0) is 0 Å². The number of nitrogens with zero attached hydrogens (tertiary/aromatic N) is 8. The van der Waals surface area contributed by atoms with Crippen LogP contribution < -0.4 is 5.32 Å². The molecule has 0 aromatic carbocycles. The SMILES string of the molecule is CCN(CC)[C@@H](C)CNC(=O)c1cc(-c2cnn3ccc(-c4cccs4)nc23)nc(-c2cnn3ccc(-c4cccs4)nc23)c1. The summed E-state index contributed by atoms with van der Waals surface area (Å²) in [7, 11) is 0. The molecule has 0 spiro atoms. The van der Waals surface area contributed by atoms with Crippen LogP contribution in [0.5, 0.6) is 0 Å². The van der Waals surface area contributed by atoms with Gasteiger partial charge in [0.25, 0.3) is 5.91 Å². The molecule has 1 amide bonds. The van der Waals surface area contributed by atoms with Gasteiger partial charge in [-0.2, -0.15) is 10.2 Å². The van der Waals surface area contributed by atoms with E-state index < -0.39 is 0 Å². The van der Waals surface area contributed by atoms with E-state index in [4.69, 9.17) is 15.0 Å². The lowest BCUT2D eigenvalue weighted by molar-refractivity contribution is 0.0938. The van der Waals surface area contributed by atoms with Crippen LogP contribution in [0.3, 0.4) is 0 Å². The molecule has 0 aliphatic heterocycles. The lowest BCUT2D eigenvalue weighted by Gasteiger charge is -2.26. The molecule has 0 unspecified atom stereocenters. The van der Waals surface area contributed by atoms with E-state index in [1.807, 2.05) is 71.7 Å². The Kier molecular flexibility index (Phi) is 7.92. The van der Waals surface area contributed by atoms with Crippen molar-refractivity contribution in [1.29, 1.82) is 0 Å². The zero-order valence-corrected chi connectivity index (χ0v) is 26.7. The molecule has 10 nitrogen and oxygen atoms in total. The molecule has 0 saturated heterocycles. The van der Waals surface area contributed by atoms with Crippen LogP contribution in [0, 0.1) is 0 Å². The molecule has 7 rings (SSSR count). The number of rotatable bonds is 10. The number of hydrogen-bond acceptors (Lipinski definition) is 9. The third kappa shape index (κ3) is 5.63. The first-order valence-corrected chi connectivity index (χ1v) is 16.6. The molecule has 7 aromatic rings. The highest BCUT2D eigenvalue weighted by Crippen LogP contribution is 2.32. The Labute approximate surface area is 268 Å². The summed E-state index contributed by atoms with van der Waals surface area (Å²) in [5.41, 5.74) is 6.15. The molecular formula is C33H31N9OS2. The fraction of sp³-hybridized carbons (Fsp3) is 0.212. The van der Waals surface area contributed by atoms with Crippen LogP contribution in [0.15, 0.2) is 84.1 Å². The molecule has 0 radical (unpaired) electrons. The van der Waals surface area contributed by atoms with Crippen LogP contribution in [-0.4, -0.2) is 70.7 Å². The first kappa shape index (κ1) is 29.0. The fourth-order valence-corrected chi connectivity index (χ4v) is 6.87. The summed E-state index contributed by atoms with van der Waals surface area (Å²) in [6.45, 7) is 8.75. The van der Waals surface area contributed by atoms with Gasteiger partial charge in [0.15, 0.2) is 11.3 Å². The first-order valence-electron chi connectivity index (χ1n) is 14.8. The van der Waals surface area contributed by atoms with E-state index in [2.05, 4.69) is 41.2 Å². The molecule has 45 heavy (non-hydrogen) atoms. The van der Waals surface area contributed by atoms with Gasteiger partial charge in [-0.1, -0.05) is 26.0 Å². The Morgan fingerprint density at radius 1 is 0.800 bits per heavy atom. The standard InChI is InChI=1S/C33H31N9OS2/c1-4-40(5-2)21(3)18-34-33(43)22-16-27(23-19-35-41-12-10-25(38-31(23)41)29-8-6-14-44-29)37-28(17-22)24-20-36-42-13-11-26(39-32(24)42)30-9-7-15-45-30/h6-17,19-21H,4-5,18H2,1-3H3,(H,34,43)/t21-/m0/s1. The van der Waals surface area contributed by atoms with E-state index in [1.165, 1.54) is 0 Å². The number of carbonyl (C=O) groups excluding carboxylic acids is 1. The lowest BCUT2D eigenvalue weighted by atomic mass is 10.1. The Morgan fingerprint density at radius 2 is 1.33 bits per heavy atom. The number of hydrogen-bond donors (Lipinski definition) is 1. The molecule has 1 N–H and O–H groups in total. The van der Waals surface area contributed by atoms with Crippen molar-refractivity contribution >= 4 is 39.9 Å². The van der Waals surface area contributed by atoms with Gasteiger partial charge in [0.1, 0.15) is 0 Å². The maximum Gasteiger partial charge on any atom is 0.251 e. The van der Waals surface area contributed by atoms with Crippen molar-refractivity contribution in [1.82, 2.24) is 44.4 Å². The Bertz CT molecular complexity index is 1960. The van der Waals surface area contributed by atoms with Gasteiger partial charge >= 0.3 is 0 Å². The van der Waals surface area contributed by atoms with Crippen molar-refractivity contribution < 1.29 is 4.79 Å². The number of pyridine rings is 1. The second-order valence-electron chi connectivity index (χ2n) is 10.6. The van der Waals surface area contributed by atoms with E-state index in [-0.39, 0.29) is 11.9 Å². The number of likely N-dealkylation sites (N-methyl/N-ethyl adjacent to an activating group) is 1. The molecule has 226 valence electrons. The van der Waals surface area contributed by atoms with E-state index in [1.54, 1.807) is 44.1 Å². The molecule has 0 saturated carbocycles. The molecule has 0 aliphatic carbocycles. The predicted octanol–water partition coefficient (Wildman–Crippen LogP) is 6.42. The first-order chi connectivity index (χ1) is 22.0. The summed E-state index contributed by atoms with van der Waals surface area (Å²) in [4.78, 5) is 33.1. The summed E-state index contributed by atoms with van der Waals surface area (Å²) in [5.74, 6) is -0.175. The average Bonchev–Trinajstić information content (AvgIpc) is 3.90. The zero-order valence-electron chi connectivity index (χ0n) is 25.1. The topological polar surface area (TPSA) is 106 Å². The minimum Gasteiger partial charge on any atom is -0.350 e. The third-order valence-electron chi connectivity index (χ3n) is 7.92. The van der Waals surface area contributed by atoms with Crippen LogP contribution >= 0.6 is 22.7 Å². The van der Waals surface area contributed by atoms with Crippen LogP contribution in [0.1, 0.15) is 31.1 Å². The lowest BCUT2D eigenvalue weighted by Crippen LogP contribution is -2.42. The minimum absolute atomic E-state index is 0.175. The highest BCUT2D eigenvalue weighted by Gasteiger charge is 2.20. The van der Waals surface area contributed by atoms with Crippen LogP contribution in [0.4, 0.5) is 0 Å². The summed E-state index contributed by atoms with van der Waals surface area (Å²) in [6.07, 6.45) is 7.29. The average molecular weight is 634 g/mol. The molecule has 0 bridgehead atoms. The molecule has 0 aliphatic rings. The number of thiophene rings is 2. The molecule has 12 heteroatoms. The van der Waals surface area contributed by atoms with E-state index in [0.717, 1.165) is 45.4 Å². The molecule has 1 atom stereocenters. The molecular weight excluding hydrogens is 603 g/mol. The quantitative estimate of drug-likeness (QED) is 0.185. The summed E-state index contributed by atoms with van der Waals surface area (Å²) in [6, 6.07) is 15.8. The Hall–Kier alpha value is -4.78. The van der Waals surface area contributed by atoms with E-state index in [0.29, 0.717) is 34.8 Å². The fourth-order valence-electron chi connectivity index (χ4n) is 5.48. The minimum atomic E-state index is -0.175. The Morgan fingerprint density at radius 3 is 1.80 bits per heavy atom. The van der Waals surface area contributed by atoms with Crippen molar-refractivity contribution in [3.05, 3.63) is 89.6 Å². The monoisotopic (exact) mass is 633 g/mol. The van der Waals surface area contributed by atoms with Crippen molar-refractivity contribution in [2.45, 2.75) is 26.8 Å². The number of fused-ring (bicyclic) bond motifs is 2. The summed E-state index contributed by atoms with van der Waals surface area (Å²) in [5, 5.41) is 16.3. The van der Waals surface area contributed by atoms with E-state index >= 15 is 0 Å². The van der Waals surface area contributed by atoms with Crippen molar-refractivity contribution in [2.75, 3.05) is 19.6 Å². The largest absolute Gasteiger partial charge is 0.350 e. The summed E-state index contributed by atoms with van der Waals surface area (Å²) < 4.78 is 3.47. The van der Waals surface area contributed by atoms with Gasteiger partial charge < -0.3 is 5.32 Å². The molecule has 7 aromatic heterocycles. The van der Waals surface area contributed by atoms with Crippen molar-refractivity contribution in [3.8, 4) is 43.7 Å². The smallest absolute Gasteiger partial charge is 0.251 e.